The minimum Gasteiger partial charge on any atom is -0.497 e. The minimum atomic E-state index is -0.263. The van der Waals surface area contributed by atoms with Crippen molar-refractivity contribution < 1.29 is 18.6 Å². The number of halogens is 2. The van der Waals surface area contributed by atoms with Gasteiger partial charge >= 0.3 is 0 Å². The molecule has 29 heavy (non-hydrogen) atoms. The predicted molar refractivity (Wildman–Crippen MR) is 115 cm³/mol. The first-order chi connectivity index (χ1) is 14.1. The number of nitrogens with one attached hydrogen (secondary N) is 1. The molecule has 0 bridgehead atoms. The summed E-state index contributed by atoms with van der Waals surface area (Å²) in [6, 6.07) is 18.1. The van der Waals surface area contributed by atoms with E-state index in [1.165, 1.54) is 17.7 Å². The number of hydrogen-bond acceptors (Lipinski definition) is 4. The van der Waals surface area contributed by atoms with Gasteiger partial charge in [-0.2, -0.15) is 0 Å². The number of ether oxygens (including phenoxy) is 3. The molecule has 3 aromatic carbocycles. The molecule has 0 aliphatic rings. The molecule has 0 atom stereocenters. The molecule has 3 rings (SSSR count). The number of hydrogen-bond donors (Lipinski definition) is 1. The third-order valence-electron chi connectivity index (χ3n) is 4.44. The van der Waals surface area contributed by atoms with Gasteiger partial charge in [0.15, 0.2) is 11.5 Å². The molecule has 0 saturated carbocycles. The van der Waals surface area contributed by atoms with Crippen LogP contribution in [0.4, 0.5) is 4.39 Å². The van der Waals surface area contributed by atoms with Gasteiger partial charge in [-0.15, -0.1) is 0 Å². The highest BCUT2D eigenvalue weighted by Crippen LogP contribution is 2.34. The summed E-state index contributed by atoms with van der Waals surface area (Å²) in [6.07, 6.45) is 0. The van der Waals surface area contributed by atoms with Crippen LogP contribution >= 0.6 is 15.9 Å². The number of methoxy groups -OCH3 is 2. The molecule has 0 amide bonds. The van der Waals surface area contributed by atoms with E-state index in [9.17, 15) is 4.39 Å². The fourth-order valence-electron chi connectivity index (χ4n) is 2.81. The second kappa shape index (κ2) is 10.3. The van der Waals surface area contributed by atoms with Crippen molar-refractivity contribution in [2.45, 2.75) is 19.7 Å². The van der Waals surface area contributed by atoms with Crippen molar-refractivity contribution in [2.24, 2.45) is 0 Å². The Kier molecular flexibility index (Phi) is 7.49. The molecule has 1 N–H and O–H groups in total. The maximum absolute atomic E-state index is 13.0. The van der Waals surface area contributed by atoms with Crippen LogP contribution in [-0.4, -0.2) is 14.2 Å². The highest BCUT2D eigenvalue weighted by molar-refractivity contribution is 9.10. The molecule has 0 fully saturated rings. The molecule has 0 radical (unpaired) electrons. The Morgan fingerprint density at radius 2 is 1.52 bits per heavy atom. The van der Waals surface area contributed by atoms with Crippen LogP contribution in [0.25, 0.3) is 0 Å². The molecule has 0 aliphatic heterocycles. The third-order valence-corrected chi connectivity index (χ3v) is 5.18. The van der Waals surface area contributed by atoms with Crippen LogP contribution in [-0.2, 0) is 19.7 Å². The predicted octanol–water partition coefficient (Wildman–Crippen LogP) is 5.47. The van der Waals surface area contributed by atoms with Crippen molar-refractivity contribution in [3.05, 3.63) is 87.6 Å². The van der Waals surface area contributed by atoms with E-state index < -0.39 is 0 Å². The zero-order valence-corrected chi connectivity index (χ0v) is 18.0. The van der Waals surface area contributed by atoms with E-state index in [1.54, 1.807) is 26.4 Å². The molecule has 0 spiro atoms. The molecule has 0 unspecified atom stereocenters. The summed E-state index contributed by atoms with van der Waals surface area (Å²) in [5.74, 6) is 1.86. The molecule has 152 valence electrons. The van der Waals surface area contributed by atoms with Gasteiger partial charge in [0.05, 0.1) is 14.2 Å². The normalized spacial score (nSPS) is 10.6. The first kappa shape index (κ1) is 21.1. The van der Waals surface area contributed by atoms with Gasteiger partial charge in [0.1, 0.15) is 18.2 Å². The van der Waals surface area contributed by atoms with Gasteiger partial charge in [-0.3, -0.25) is 0 Å². The van der Waals surface area contributed by atoms with E-state index >= 15 is 0 Å². The molecule has 0 saturated heterocycles. The Bertz CT molecular complexity index is 930. The van der Waals surface area contributed by atoms with Crippen molar-refractivity contribution in [3.63, 3.8) is 0 Å². The van der Waals surface area contributed by atoms with Gasteiger partial charge in [-0.25, -0.2) is 4.39 Å². The van der Waals surface area contributed by atoms with E-state index in [4.69, 9.17) is 14.2 Å². The molecular formula is C23H23BrFNO3. The van der Waals surface area contributed by atoms with Crippen molar-refractivity contribution >= 4 is 15.9 Å². The van der Waals surface area contributed by atoms with E-state index in [2.05, 4.69) is 21.2 Å². The first-order valence-corrected chi connectivity index (χ1v) is 9.95. The van der Waals surface area contributed by atoms with Crippen molar-refractivity contribution in [1.29, 1.82) is 0 Å². The summed E-state index contributed by atoms with van der Waals surface area (Å²) < 4.78 is 30.5. The van der Waals surface area contributed by atoms with E-state index in [0.717, 1.165) is 27.9 Å². The average Bonchev–Trinajstić information content (AvgIpc) is 2.75. The van der Waals surface area contributed by atoms with Gasteiger partial charge < -0.3 is 19.5 Å². The zero-order chi connectivity index (χ0) is 20.6. The van der Waals surface area contributed by atoms with Crippen molar-refractivity contribution in [2.75, 3.05) is 14.2 Å². The van der Waals surface area contributed by atoms with Crippen LogP contribution in [0, 0.1) is 5.82 Å². The molecule has 4 nitrogen and oxygen atoms in total. The maximum atomic E-state index is 13.0. The molecule has 0 aromatic heterocycles. The summed E-state index contributed by atoms with van der Waals surface area (Å²) in [4.78, 5) is 0. The molecule has 6 heteroatoms. The zero-order valence-electron chi connectivity index (χ0n) is 16.4. The summed E-state index contributed by atoms with van der Waals surface area (Å²) in [5, 5.41) is 3.43. The SMILES string of the molecule is COc1ccc(CNCc2cc(OC)c(OCc3ccc(F)cc3)cc2Br)cc1. The summed E-state index contributed by atoms with van der Waals surface area (Å²) in [5.41, 5.74) is 3.12. The van der Waals surface area contributed by atoms with Gasteiger partial charge in [0, 0.05) is 17.6 Å². The Labute approximate surface area is 178 Å². The molecule has 3 aromatic rings. The van der Waals surface area contributed by atoms with Crippen LogP contribution in [0.15, 0.2) is 65.1 Å². The molecule has 0 aliphatic carbocycles. The average molecular weight is 460 g/mol. The Balaban J connectivity index is 1.61. The lowest BCUT2D eigenvalue weighted by molar-refractivity contribution is 0.284. The van der Waals surface area contributed by atoms with Crippen LogP contribution < -0.4 is 19.5 Å². The van der Waals surface area contributed by atoms with E-state index in [0.29, 0.717) is 24.7 Å². The number of benzene rings is 3. The topological polar surface area (TPSA) is 39.7 Å². The second-order valence-electron chi connectivity index (χ2n) is 6.46. The fraction of sp³-hybridized carbons (Fsp3) is 0.217. The van der Waals surface area contributed by atoms with Crippen LogP contribution in [0.1, 0.15) is 16.7 Å². The summed E-state index contributed by atoms with van der Waals surface area (Å²) in [7, 11) is 3.27. The van der Waals surface area contributed by atoms with Crippen molar-refractivity contribution in [3.8, 4) is 17.2 Å². The highest BCUT2D eigenvalue weighted by Gasteiger charge is 2.11. The van der Waals surface area contributed by atoms with Crippen LogP contribution in [0.3, 0.4) is 0 Å². The third kappa shape index (κ3) is 5.95. The fourth-order valence-corrected chi connectivity index (χ4v) is 3.27. The monoisotopic (exact) mass is 459 g/mol. The summed E-state index contributed by atoms with van der Waals surface area (Å²) >= 11 is 3.61. The van der Waals surface area contributed by atoms with Crippen LogP contribution in [0.5, 0.6) is 17.2 Å². The lowest BCUT2D eigenvalue weighted by atomic mass is 10.1. The largest absolute Gasteiger partial charge is 0.497 e. The minimum absolute atomic E-state index is 0.263. The smallest absolute Gasteiger partial charge is 0.162 e. The van der Waals surface area contributed by atoms with Gasteiger partial charge in [0.25, 0.3) is 0 Å². The Morgan fingerprint density at radius 1 is 0.828 bits per heavy atom. The Hall–Kier alpha value is -2.57. The van der Waals surface area contributed by atoms with E-state index in [1.807, 2.05) is 36.4 Å². The second-order valence-corrected chi connectivity index (χ2v) is 7.32. The highest BCUT2D eigenvalue weighted by atomic mass is 79.9. The quantitative estimate of drug-likeness (QED) is 0.460. The molecule has 0 heterocycles. The standard InChI is InChI=1S/C23H23BrFNO3/c1-27-20-9-5-16(6-10-20)13-26-14-18-11-22(28-2)23(12-21(18)24)29-15-17-3-7-19(25)8-4-17/h3-12,26H,13-15H2,1-2H3. The first-order valence-electron chi connectivity index (χ1n) is 9.16. The summed E-state index contributed by atoms with van der Waals surface area (Å²) in [6.45, 7) is 1.74. The van der Waals surface area contributed by atoms with Crippen LogP contribution in [0.2, 0.25) is 0 Å². The van der Waals surface area contributed by atoms with Gasteiger partial charge in [0.2, 0.25) is 0 Å². The lowest BCUT2D eigenvalue weighted by Gasteiger charge is -2.15. The maximum Gasteiger partial charge on any atom is 0.162 e. The van der Waals surface area contributed by atoms with Crippen molar-refractivity contribution in [1.82, 2.24) is 5.32 Å². The van der Waals surface area contributed by atoms with E-state index in [-0.39, 0.29) is 5.82 Å². The van der Waals surface area contributed by atoms with Gasteiger partial charge in [-0.05, 0) is 53.1 Å². The lowest BCUT2D eigenvalue weighted by Crippen LogP contribution is -2.13. The Morgan fingerprint density at radius 3 is 2.17 bits per heavy atom. The van der Waals surface area contributed by atoms with Gasteiger partial charge in [-0.1, -0.05) is 40.2 Å². The molecular weight excluding hydrogens is 437 g/mol. The number of rotatable bonds is 9.